The quantitative estimate of drug-likeness (QED) is 0.697. The Morgan fingerprint density at radius 3 is 2.90 bits per heavy atom. The predicted octanol–water partition coefficient (Wildman–Crippen LogP) is 2.67. The summed E-state index contributed by atoms with van der Waals surface area (Å²) in [6, 6.07) is 6.36. The van der Waals surface area contributed by atoms with Gasteiger partial charge in [0, 0.05) is 49.2 Å². The van der Waals surface area contributed by atoms with E-state index in [1.807, 2.05) is 19.1 Å². The number of morpholine rings is 1. The molecule has 2 saturated heterocycles. The first-order chi connectivity index (χ1) is 14.6. The number of benzene rings is 1. The number of imidazole rings is 1. The lowest BCUT2D eigenvalue weighted by molar-refractivity contribution is -0.119. The van der Waals surface area contributed by atoms with Gasteiger partial charge < -0.3 is 19.1 Å². The minimum Gasteiger partial charge on any atom is -0.379 e. The van der Waals surface area contributed by atoms with Crippen LogP contribution < -0.4 is 5.32 Å². The van der Waals surface area contributed by atoms with Gasteiger partial charge >= 0.3 is 0 Å². The Kier molecular flexibility index (Phi) is 5.04. The Balaban J connectivity index is 1.48. The van der Waals surface area contributed by atoms with Gasteiger partial charge in [-0.25, -0.2) is 4.98 Å². The summed E-state index contributed by atoms with van der Waals surface area (Å²) in [6.07, 6.45) is 3.45. The fourth-order valence-electron chi connectivity index (χ4n) is 4.44. The second kappa shape index (κ2) is 7.85. The molecule has 0 spiro atoms. The first-order valence-electron chi connectivity index (χ1n) is 10.6. The summed E-state index contributed by atoms with van der Waals surface area (Å²) in [6.45, 7) is 8.46. The highest BCUT2D eigenvalue weighted by Gasteiger charge is 2.28. The molecule has 4 heterocycles. The Bertz CT molecular complexity index is 1070. The van der Waals surface area contributed by atoms with Crippen molar-refractivity contribution in [3.8, 4) is 11.3 Å². The van der Waals surface area contributed by atoms with Crippen molar-refractivity contribution in [1.82, 2.24) is 24.9 Å². The highest BCUT2D eigenvalue weighted by Crippen LogP contribution is 2.30. The van der Waals surface area contributed by atoms with Crippen LogP contribution in [0.3, 0.4) is 0 Å². The lowest BCUT2D eigenvalue weighted by atomic mass is 10.1. The molecule has 3 aromatic rings. The lowest BCUT2D eigenvalue weighted by Crippen LogP contribution is -2.44. The number of rotatable bonds is 5. The monoisotopic (exact) mass is 409 g/mol. The maximum atomic E-state index is 11.9. The normalized spacial score (nSPS) is 21.3. The largest absolute Gasteiger partial charge is 0.379 e. The van der Waals surface area contributed by atoms with Crippen LogP contribution in [0.5, 0.6) is 0 Å². The van der Waals surface area contributed by atoms with Crippen molar-refractivity contribution >= 4 is 16.9 Å². The molecule has 0 saturated carbocycles. The van der Waals surface area contributed by atoms with Gasteiger partial charge in [0.05, 0.1) is 30.6 Å². The van der Waals surface area contributed by atoms with Crippen molar-refractivity contribution in [3.05, 3.63) is 35.9 Å². The molecule has 2 aliphatic rings. The molecule has 5 rings (SSSR count). The minimum atomic E-state index is -0.0378. The molecule has 0 bridgehead atoms. The maximum absolute atomic E-state index is 11.9. The maximum Gasteiger partial charge on any atom is 0.220 e. The van der Waals surface area contributed by atoms with Crippen LogP contribution in [0.1, 0.15) is 37.3 Å². The topological polar surface area (TPSA) is 85.4 Å². The molecule has 1 amide bonds. The number of hydrogen-bond donors (Lipinski definition) is 1. The molecule has 2 fully saturated rings. The smallest absolute Gasteiger partial charge is 0.220 e. The SMILES string of the molecule is Cc1noc2ccc(-c3cn(C[C@H](C)N4CCOCC4)c([C@@H]4CCC(=O)N4)n3)cc12. The van der Waals surface area contributed by atoms with E-state index < -0.39 is 0 Å². The summed E-state index contributed by atoms with van der Waals surface area (Å²) >= 11 is 0. The molecule has 158 valence electrons. The van der Waals surface area contributed by atoms with Gasteiger partial charge in [-0.2, -0.15) is 0 Å². The van der Waals surface area contributed by atoms with E-state index in [1.165, 1.54) is 0 Å². The molecular weight excluding hydrogens is 382 g/mol. The second-order valence-electron chi connectivity index (χ2n) is 8.27. The highest BCUT2D eigenvalue weighted by atomic mass is 16.5. The summed E-state index contributed by atoms with van der Waals surface area (Å²) in [5.41, 5.74) is 3.58. The van der Waals surface area contributed by atoms with Crippen molar-refractivity contribution in [3.63, 3.8) is 0 Å². The summed E-state index contributed by atoms with van der Waals surface area (Å²) in [5.74, 6) is 1.02. The van der Waals surface area contributed by atoms with Gasteiger partial charge in [-0.15, -0.1) is 0 Å². The number of fused-ring (bicyclic) bond motifs is 1. The first-order valence-corrected chi connectivity index (χ1v) is 10.6. The summed E-state index contributed by atoms with van der Waals surface area (Å²) < 4.78 is 13.1. The van der Waals surface area contributed by atoms with E-state index in [0.29, 0.717) is 12.5 Å². The van der Waals surface area contributed by atoms with E-state index in [4.69, 9.17) is 14.2 Å². The standard InChI is InChI=1S/C22H27N5O3/c1-14(26-7-9-29-10-8-26)12-27-13-19(24-22(27)18-4-6-21(28)23-18)16-3-5-20-17(11-16)15(2)25-30-20/h3,5,11,13-14,18H,4,6-10,12H2,1-2H3,(H,23,28)/t14-,18-/m0/s1. The molecule has 0 aliphatic carbocycles. The van der Waals surface area contributed by atoms with E-state index >= 15 is 0 Å². The van der Waals surface area contributed by atoms with Gasteiger partial charge in [0.2, 0.25) is 5.91 Å². The van der Waals surface area contributed by atoms with Crippen LogP contribution >= 0.6 is 0 Å². The van der Waals surface area contributed by atoms with Crippen LogP contribution in [-0.4, -0.2) is 57.9 Å². The molecule has 2 atom stereocenters. The second-order valence-corrected chi connectivity index (χ2v) is 8.27. The number of nitrogens with one attached hydrogen (secondary N) is 1. The van der Waals surface area contributed by atoms with E-state index in [2.05, 4.69) is 39.1 Å². The van der Waals surface area contributed by atoms with Crippen molar-refractivity contribution in [1.29, 1.82) is 0 Å². The fourth-order valence-corrected chi connectivity index (χ4v) is 4.44. The molecular formula is C22H27N5O3. The van der Waals surface area contributed by atoms with Gasteiger partial charge in [0.1, 0.15) is 5.82 Å². The van der Waals surface area contributed by atoms with Gasteiger partial charge in [0.15, 0.2) is 5.58 Å². The van der Waals surface area contributed by atoms with E-state index in [-0.39, 0.29) is 11.9 Å². The lowest BCUT2D eigenvalue weighted by Gasteiger charge is -2.32. The zero-order valence-electron chi connectivity index (χ0n) is 17.4. The Labute approximate surface area is 175 Å². The average molecular weight is 409 g/mol. The van der Waals surface area contributed by atoms with Crippen LogP contribution in [-0.2, 0) is 16.1 Å². The van der Waals surface area contributed by atoms with Gasteiger partial charge in [0.25, 0.3) is 0 Å². The van der Waals surface area contributed by atoms with Crippen molar-refractivity contribution in [2.24, 2.45) is 0 Å². The van der Waals surface area contributed by atoms with E-state index in [0.717, 1.165) is 73.0 Å². The molecule has 1 aromatic carbocycles. The molecule has 0 radical (unpaired) electrons. The summed E-state index contributed by atoms with van der Waals surface area (Å²) in [4.78, 5) is 19.3. The average Bonchev–Trinajstić information content (AvgIpc) is 3.47. The van der Waals surface area contributed by atoms with Crippen LogP contribution in [0.2, 0.25) is 0 Å². The number of nitrogens with zero attached hydrogens (tertiary/aromatic N) is 4. The molecule has 8 nitrogen and oxygen atoms in total. The van der Waals surface area contributed by atoms with Gasteiger partial charge in [-0.1, -0.05) is 5.16 Å². The van der Waals surface area contributed by atoms with Crippen molar-refractivity contribution in [2.45, 2.75) is 45.3 Å². The molecule has 1 N–H and O–H groups in total. The van der Waals surface area contributed by atoms with Crippen LogP contribution in [0.15, 0.2) is 28.9 Å². The third-order valence-electron chi connectivity index (χ3n) is 6.19. The Hall–Kier alpha value is -2.71. The zero-order chi connectivity index (χ0) is 20.7. The predicted molar refractivity (Wildman–Crippen MR) is 112 cm³/mol. The van der Waals surface area contributed by atoms with Crippen molar-refractivity contribution < 1.29 is 14.1 Å². The number of hydrogen-bond acceptors (Lipinski definition) is 6. The minimum absolute atomic E-state index is 0.0378. The molecule has 2 aromatic heterocycles. The number of carbonyl (C=O) groups is 1. The number of aromatic nitrogens is 3. The van der Waals surface area contributed by atoms with Crippen molar-refractivity contribution in [2.75, 3.05) is 26.3 Å². The third kappa shape index (κ3) is 3.61. The Morgan fingerprint density at radius 1 is 1.30 bits per heavy atom. The van der Waals surface area contributed by atoms with Crippen LogP contribution in [0, 0.1) is 6.92 Å². The highest BCUT2D eigenvalue weighted by molar-refractivity contribution is 5.84. The number of amides is 1. The number of ether oxygens (including phenoxy) is 1. The summed E-state index contributed by atoms with van der Waals surface area (Å²) in [5, 5.41) is 8.13. The van der Waals surface area contributed by atoms with Gasteiger partial charge in [-0.3, -0.25) is 9.69 Å². The van der Waals surface area contributed by atoms with Crippen LogP contribution in [0.4, 0.5) is 0 Å². The molecule has 8 heteroatoms. The van der Waals surface area contributed by atoms with Crippen LogP contribution in [0.25, 0.3) is 22.2 Å². The third-order valence-corrected chi connectivity index (χ3v) is 6.19. The molecule has 2 aliphatic heterocycles. The Morgan fingerprint density at radius 2 is 2.13 bits per heavy atom. The molecule has 30 heavy (non-hydrogen) atoms. The number of aryl methyl sites for hydroxylation is 1. The zero-order valence-corrected chi connectivity index (χ0v) is 17.4. The first kappa shape index (κ1) is 19.3. The molecule has 0 unspecified atom stereocenters. The van der Waals surface area contributed by atoms with Gasteiger partial charge in [-0.05, 0) is 38.5 Å². The fraction of sp³-hybridized carbons (Fsp3) is 0.500. The van der Waals surface area contributed by atoms with E-state index in [1.54, 1.807) is 0 Å². The summed E-state index contributed by atoms with van der Waals surface area (Å²) in [7, 11) is 0. The number of carbonyl (C=O) groups excluding carboxylic acids is 1. The van der Waals surface area contributed by atoms with E-state index in [9.17, 15) is 4.79 Å².